The van der Waals surface area contributed by atoms with Crippen LogP contribution in [0.4, 0.5) is 0 Å². The first kappa shape index (κ1) is 16.6. The van der Waals surface area contributed by atoms with E-state index in [1.54, 1.807) is 18.8 Å². The van der Waals surface area contributed by atoms with Gasteiger partial charge >= 0.3 is 5.69 Å². The molecule has 2 aromatic heterocycles. The van der Waals surface area contributed by atoms with Crippen LogP contribution in [-0.4, -0.2) is 19.1 Å². The molecule has 0 saturated carbocycles. The van der Waals surface area contributed by atoms with Gasteiger partial charge in [-0.25, -0.2) is 9.78 Å². The Morgan fingerprint density at radius 3 is 2.58 bits per heavy atom. The summed E-state index contributed by atoms with van der Waals surface area (Å²) in [6, 6.07) is 10.1. The van der Waals surface area contributed by atoms with Crippen LogP contribution in [0.25, 0.3) is 11.2 Å². The minimum Gasteiger partial charge on any atom is -0.313 e. The van der Waals surface area contributed by atoms with Crippen LogP contribution < -0.4 is 11.2 Å². The number of aryl methyl sites for hydroxylation is 1. The Morgan fingerprint density at radius 1 is 1.21 bits per heavy atom. The van der Waals surface area contributed by atoms with Crippen molar-refractivity contribution < 1.29 is 0 Å². The first-order chi connectivity index (χ1) is 11.5. The van der Waals surface area contributed by atoms with Gasteiger partial charge in [0.15, 0.2) is 16.3 Å². The molecule has 0 spiro atoms. The van der Waals surface area contributed by atoms with Gasteiger partial charge in [0.05, 0.1) is 0 Å². The third kappa shape index (κ3) is 3.17. The summed E-state index contributed by atoms with van der Waals surface area (Å²) in [5.41, 5.74) is 1.25. The first-order valence-electron chi connectivity index (χ1n) is 7.83. The van der Waals surface area contributed by atoms with E-state index in [-0.39, 0.29) is 5.56 Å². The highest BCUT2D eigenvalue weighted by Crippen LogP contribution is 2.25. The summed E-state index contributed by atoms with van der Waals surface area (Å²) >= 11 is 1.57. The Labute approximate surface area is 143 Å². The van der Waals surface area contributed by atoms with E-state index in [4.69, 9.17) is 0 Å². The SMILES string of the molecule is CC(C)Cn1c(SCc2ccccc2)nc2c1c(=O)[nH]c(=O)n2C. The summed E-state index contributed by atoms with van der Waals surface area (Å²) in [7, 11) is 1.62. The quantitative estimate of drug-likeness (QED) is 0.721. The molecule has 0 saturated heterocycles. The lowest BCUT2D eigenvalue weighted by atomic mass is 10.2. The van der Waals surface area contributed by atoms with E-state index in [0.29, 0.717) is 23.6 Å². The zero-order valence-corrected chi connectivity index (χ0v) is 14.8. The third-order valence-electron chi connectivity index (χ3n) is 3.73. The van der Waals surface area contributed by atoms with Crippen molar-refractivity contribution >= 4 is 22.9 Å². The molecular weight excluding hydrogens is 324 g/mol. The van der Waals surface area contributed by atoms with E-state index >= 15 is 0 Å². The summed E-state index contributed by atoms with van der Waals surface area (Å²) in [6.07, 6.45) is 0. The normalized spacial score (nSPS) is 11.5. The minimum atomic E-state index is -0.443. The molecule has 6 nitrogen and oxygen atoms in total. The Morgan fingerprint density at radius 2 is 1.92 bits per heavy atom. The highest BCUT2D eigenvalue weighted by Gasteiger charge is 2.18. The standard InChI is InChI=1S/C17H20N4O2S/c1-11(2)9-21-13-14(20(3)16(23)19-15(13)22)18-17(21)24-10-12-7-5-4-6-8-12/h4-8,11H,9-10H2,1-3H3,(H,19,22,23). The van der Waals surface area contributed by atoms with E-state index in [0.717, 1.165) is 10.9 Å². The van der Waals surface area contributed by atoms with Crippen LogP contribution in [0, 0.1) is 5.92 Å². The molecular formula is C17H20N4O2S. The maximum Gasteiger partial charge on any atom is 0.329 e. The van der Waals surface area contributed by atoms with E-state index in [1.807, 2.05) is 22.8 Å². The number of nitrogens with zero attached hydrogens (tertiary/aromatic N) is 3. The van der Waals surface area contributed by atoms with Gasteiger partial charge in [0.1, 0.15) is 0 Å². The fraction of sp³-hybridized carbons (Fsp3) is 0.353. The third-order valence-corrected chi connectivity index (χ3v) is 4.78. The van der Waals surface area contributed by atoms with Gasteiger partial charge < -0.3 is 4.57 Å². The Balaban J connectivity index is 2.09. The van der Waals surface area contributed by atoms with Crippen molar-refractivity contribution in [1.82, 2.24) is 19.1 Å². The van der Waals surface area contributed by atoms with Gasteiger partial charge in [-0.05, 0) is 11.5 Å². The Hall–Kier alpha value is -2.28. The van der Waals surface area contributed by atoms with Gasteiger partial charge in [-0.2, -0.15) is 0 Å². The number of thioether (sulfide) groups is 1. The molecule has 24 heavy (non-hydrogen) atoms. The molecule has 1 aromatic carbocycles. The number of H-pyrrole nitrogens is 1. The van der Waals surface area contributed by atoms with Crippen molar-refractivity contribution in [1.29, 1.82) is 0 Å². The second-order valence-corrected chi connectivity index (χ2v) is 7.11. The second kappa shape index (κ2) is 6.68. The molecule has 0 amide bonds. The lowest BCUT2D eigenvalue weighted by molar-refractivity contribution is 0.504. The maximum absolute atomic E-state index is 12.3. The largest absolute Gasteiger partial charge is 0.329 e. The number of fused-ring (bicyclic) bond motifs is 1. The van der Waals surface area contributed by atoms with Crippen molar-refractivity contribution in [2.24, 2.45) is 13.0 Å². The molecule has 7 heteroatoms. The summed E-state index contributed by atoms with van der Waals surface area (Å²) in [6.45, 7) is 4.86. The van der Waals surface area contributed by atoms with Crippen molar-refractivity contribution in [2.45, 2.75) is 31.3 Å². The van der Waals surface area contributed by atoms with E-state index in [1.165, 1.54) is 10.1 Å². The highest BCUT2D eigenvalue weighted by atomic mass is 32.2. The average molecular weight is 344 g/mol. The Kier molecular flexibility index (Phi) is 4.62. The summed E-state index contributed by atoms with van der Waals surface area (Å²) in [5, 5.41) is 0.759. The van der Waals surface area contributed by atoms with Gasteiger partial charge in [-0.1, -0.05) is 55.9 Å². The van der Waals surface area contributed by atoms with Crippen molar-refractivity contribution in [3.05, 3.63) is 56.7 Å². The van der Waals surface area contributed by atoms with E-state index < -0.39 is 5.69 Å². The van der Waals surface area contributed by atoms with Crippen LogP contribution in [-0.2, 0) is 19.3 Å². The highest BCUT2D eigenvalue weighted by molar-refractivity contribution is 7.98. The van der Waals surface area contributed by atoms with E-state index in [9.17, 15) is 9.59 Å². The van der Waals surface area contributed by atoms with Crippen molar-refractivity contribution in [2.75, 3.05) is 0 Å². The number of hydrogen-bond acceptors (Lipinski definition) is 4. The van der Waals surface area contributed by atoms with Gasteiger partial charge in [0, 0.05) is 19.3 Å². The predicted molar refractivity (Wildman–Crippen MR) is 96.4 cm³/mol. The van der Waals surface area contributed by atoms with Crippen LogP contribution >= 0.6 is 11.8 Å². The van der Waals surface area contributed by atoms with Gasteiger partial charge in [0.2, 0.25) is 0 Å². The molecule has 0 radical (unpaired) electrons. The van der Waals surface area contributed by atoms with Crippen molar-refractivity contribution in [3.63, 3.8) is 0 Å². The fourth-order valence-electron chi connectivity index (χ4n) is 2.58. The predicted octanol–water partition coefficient (Wildman–Crippen LogP) is 2.37. The zero-order valence-electron chi connectivity index (χ0n) is 13.9. The topological polar surface area (TPSA) is 72.7 Å². The zero-order chi connectivity index (χ0) is 17.3. The smallest absolute Gasteiger partial charge is 0.313 e. The van der Waals surface area contributed by atoms with Crippen LogP contribution in [0.3, 0.4) is 0 Å². The molecule has 3 rings (SSSR count). The number of aromatic amines is 1. The maximum atomic E-state index is 12.3. The molecule has 0 bridgehead atoms. The second-order valence-electron chi connectivity index (χ2n) is 6.16. The number of rotatable bonds is 5. The minimum absolute atomic E-state index is 0.357. The van der Waals surface area contributed by atoms with E-state index in [2.05, 4.69) is 35.9 Å². The van der Waals surface area contributed by atoms with Gasteiger partial charge in [-0.15, -0.1) is 0 Å². The van der Waals surface area contributed by atoms with Crippen LogP contribution in [0.2, 0.25) is 0 Å². The number of nitrogens with one attached hydrogen (secondary N) is 1. The number of hydrogen-bond donors (Lipinski definition) is 1. The summed E-state index contributed by atoms with van der Waals surface area (Å²) < 4.78 is 3.31. The molecule has 0 atom stereocenters. The van der Waals surface area contributed by atoms with Crippen molar-refractivity contribution in [3.8, 4) is 0 Å². The lowest BCUT2D eigenvalue weighted by Crippen LogP contribution is -2.29. The Bertz CT molecular complexity index is 970. The number of imidazole rings is 1. The molecule has 0 fully saturated rings. The molecule has 0 aliphatic carbocycles. The van der Waals surface area contributed by atoms with Crippen LogP contribution in [0.15, 0.2) is 45.1 Å². The lowest BCUT2D eigenvalue weighted by Gasteiger charge is -2.10. The molecule has 1 N–H and O–H groups in total. The van der Waals surface area contributed by atoms with Gasteiger partial charge in [0.25, 0.3) is 5.56 Å². The molecule has 0 aliphatic rings. The summed E-state index contributed by atoms with van der Waals surface area (Å²) in [4.78, 5) is 31.1. The summed E-state index contributed by atoms with van der Waals surface area (Å²) in [5.74, 6) is 1.11. The molecule has 3 aromatic rings. The number of benzene rings is 1. The average Bonchev–Trinajstić information content (AvgIpc) is 2.90. The molecule has 0 unspecified atom stereocenters. The first-order valence-corrected chi connectivity index (χ1v) is 8.82. The van der Waals surface area contributed by atoms with Crippen LogP contribution in [0.5, 0.6) is 0 Å². The van der Waals surface area contributed by atoms with Gasteiger partial charge in [-0.3, -0.25) is 14.3 Å². The molecule has 0 aliphatic heterocycles. The fourth-order valence-corrected chi connectivity index (χ4v) is 3.54. The monoisotopic (exact) mass is 344 g/mol. The molecule has 2 heterocycles. The van der Waals surface area contributed by atoms with Crippen LogP contribution in [0.1, 0.15) is 19.4 Å². The number of aromatic nitrogens is 4. The molecule has 126 valence electrons.